The van der Waals surface area contributed by atoms with Gasteiger partial charge in [-0.2, -0.15) is 10.2 Å². The third kappa shape index (κ3) is 4.75. The van der Waals surface area contributed by atoms with Crippen LogP contribution in [0.2, 0.25) is 0 Å². The molecule has 0 aliphatic heterocycles. The van der Waals surface area contributed by atoms with E-state index in [4.69, 9.17) is 14.2 Å². The van der Waals surface area contributed by atoms with Crippen LogP contribution in [0.3, 0.4) is 0 Å². The zero-order chi connectivity index (χ0) is 20.8. The minimum atomic E-state index is -0.412. The Balaban J connectivity index is 1.71. The lowest BCUT2D eigenvalue weighted by atomic mass is 10.1. The van der Waals surface area contributed by atoms with Crippen LogP contribution in [0.15, 0.2) is 52.0 Å². The normalized spacial score (nSPS) is 10.8. The van der Waals surface area contributed by atoms with Crippen molar-refractivity contribution in [2.45, 2.75) is 0 Å². The summed E-state index contributed by atoms with van der Waals surface area (Å²) >= 11 is 3.39. The van der Waals surface area contributed by atoms with Gasteiger partial charge < -0.3 is 14.2 Å². The minimum absolute atomic E-state index is 0.296. The number of carbonyl (C=O) groups is 1. The van der Waals surface area contributed by atoms with Crippen LogP contribution in [0.4, 0.5) is 0 Å². The van der Waals surface area contributed by atoms with Crippen LogP contribution in [-0.4, -0.2) is 43.6 Å². The van der Waals surface area contributed by atoms with E-state index < -0.39 is 5.91 Å². The standard InChI is InChI=1S/C20H19BrN4O4/c1-27-17-8-12(9-18(28-2)19(17)29-3)11-22-25-20(26)16-10-15(23-24-16)13-4-6-14(21)7-5-13/h4-11H,1-3H3,(H,23,24)(H,25,26)/b22-11-. The number of H-pyrrole nitrogens is 1. The highest BCUT2D eigenvalue weighted by Crippen LogP contribution is 2.37. The molecule has 0 spiro atoms. The number of rotatable bonds is 7. The number of benzene rings is 2. The Morgan fingerprint density at radius 3 is 2.31 bits per heavy atom. The Kier molecular flexibility index (Phi) is 6.50. The van der Waals surface area contributed by atoms with E-state index in [2.05, 4.69) is 36.7 Å². The van der Waals surface area contributed by atoms with Gasteiger partial charge in [0, 0.05) is 15.6 Å². The van der Waals surface area contributed by atoms with Crippen molar-refractivity contribution in [3.63, 3.8) is 0 Å². The molecule has 0 atom stereocenters. The van der Waals surface area contributed by atoms with Gasteiger partial charge in [0.05, 0.1) is 33.2 Å². The molecule has 8 nitrogen and oxygen atoms in total. The van der Waals surface area contributed by atoms with Gasteiger partial charge in [-0.1, -0.05) is 28.1 Å². The molecule has 150 valence electrons. The molecular formula is C20H19BrN4O4. The highest BCUT2D eigenvalue weighted by Gasteiger charge is 2.13. The number of amides is 1. The highest BCUT2D eigenvalue weighted by atomic mass is 79.9. The molecular weight excluding hydrogens is 440 g/mol. The predicted molar refractivity (Wildman–Crippen MR) is 113 cm³/mol. The largest absolute Gasteiger partial charge is 0.493 e. The maximum atomic E-state index is 12.3. The third-order valence-corrected chi connectivity index (χ3v) is 4.56. The van der Waals surface area contributed by atoms with Crippen LogP contribution in [0.5, 0.6) is 17.2 Å². The first kappa shape index (κ1) is 20.4. The number of hydrogen-bond donors (Lipinski definition) is 2. The average Bonchev–Trinajstić information content (AvgIpc) is 3.23. The summed E-state index contributed by atoms with van der Waals surface area (Å²) < 4.78 is 16.8. The van der Waals surface area contributed by atoms with Gasteiger partial charge in [-0.3, -0.25) is 9.89 Å². The summed E-state index contributed by atoms with van der Waals surface area (Å²) in [6.07, 6.45) is 1.48. The van der Waals surface area contributed by atoms with Gasteiger partial charge in [-0.05, 0) is 30.3 Å². The average molecular weight is 459 g/mol. The van der Waals surface area contributed by atoms with Gasteiger partial charge in [0.15, 0.2) is 11.5 Å². The van der Waals surface area contributed by atoms with E-state index in [0.717, 1.165) is 10.0 Å². The summed E-state index contributed by atoms with van der Waals surface area (Å²) in [7, 11) is 4.59. The molecule has 0 bridgehead atoms. The molecule has 0 aliphatic rings. The fourth-order valence-electron chi connectivity index (χ4n) is 2.61. The summed E-state index contributed by atoms with van der Waals surface area (Å²) in [5.74, 6) is 1.05. The van der Waals surface area contributed by atoms with Crippen molar-refractivity contribution in [1.29, 1.82) is 0 Å². The summed E-state index contributed by atoms with van der Waals surface area (Å²) in [6, 6.07) is 12.7. The van der Waals surface area contributed by atoms with Gasteiger partial charge >= 0.3 is 0 Å². The summed E-state index contributed by atoms with van der Waals surface area (Å²) in [4.78, 5) is 12.3. The number of hydrogen-bond acceptors (Lipinski definition) is 6. The monoisotopic (exact) mass is 458 g/mol. The molecule has 2 N–H and O–H groups in total. The van der Waals surface area contributed by atoms with Crippen LogP contribution < -0.4 is 19.6 Å². The second kappa shape index (κ2) is 9.24. The number of ether oxygens (including phenoxy) is 3. The van der Waals surface area contributed by atoms with Crippen molar-refractivity contribution in [2.75, 3.05) is 21.3 Å². The molecule has 2 aromatic carbocycles. The van der Waals surface area contributed by atoms with Crippen molar-refractivity contribution >= 4 is 28.1 Å². The number of aromatic nitrogens is 2. The fraction of sp³-hybridized carbons (Fsp3) is 0.150. The molecule has 0 unspecified atom stereocenters. The molecule has 1 amide bonds. The SMILES string of the molecule is COc1cc(/C=N\NC(=O)c2cc(-c3ccc(Br)cc3)n[nH]2)cc(OC)c1OC. The second-order valence-corrected chi connectivity index (χ2v) is 6.75. The highest BCUT2D eigenvalue weighted by molar-refractivity contribution is 9.10. The van der Waals surface area contributed by atoms with Crippen LogP contribution >= 0.6 is 15.9 Å². The lowest BCUT2D eigenvalue weighted by Crippen LogP contribution is -2.18. The third-order valence-electron chi connectivity index (χ3n) is 4.03. The Bertz CT molecular complexity index is 1010. The van der Waals surface area contributed by atoms with Crippen molar-refractivity contribution < 1.29 is 19.0 Å². The fourth-order valence-corrected chi connectivity index (χ4v) is 2.87. The van der Waals surface area contributed by atoms with Crippen molar-refractivity contribution in [3.8, 4) is 28.5 Å². The maximum absolute atomic E-state index is 12.3. The van der Waals surface area contributed by atoms with Crippen LogP contribution in [0, 0.1) is 0 Å². The van der Waals surface area contributed by atoms with E-state index in [1.807, 2.05) is 24.3 Å². The Morgan fingerprint density at radius 2 is 1.72 bits per heavy atom. The molecule has 0 saturated carbocycles. The molecule has 3 rings (SSSR count). The molecule has 1 aromatic heterocycles. The summed E-state index contributed by atoms with van der Waals surface area (Å²) in [5, 5.41) is 10.9. The quantitative estimate of drug-likeness (QED) is 0.416. The van der Waals surface area contributed by atoms with E-state index in [1.54, 1.807) is 18.2 Å². The lowest BCUT2D eigenvalue weighted by Gasteiger charge is -2.12. The molecule has 3 aromatic rings. The second-order valence-electron chi connectivity index (χ2n) is 5.83. The van der Waals surface area contributed by atoms with Crippen LogP contribution in [0.25, 0.3) is 11.3 Å². The van der Waals surface area contributed by atoms with Crippen LogP contribution in [0.1, 0.15) is 16.1 Å². The topological polar surface area (TPSA) is 97.8 Å². The molecule has 0 saturated heterocycles. The molecule has 0 fully saturated rings. The first-order valence-corrected chi connectivity index (χ1v) is 9.29. The smallest absolute Gasteiger partial charge is 0.289 e. The summed E-state index contributed by atoms with van der Waals surface area (Å²) in [5.41, 5.74) is 4.98. The molecule has 0 radical (unpaired) electrons. The zero-order valence-corrected chi connectivity index (χ0v) is 17.6. The van der Waals surface area contributed by atoms with Crippen molar-refractivity contribution in [3.05, 3.63) is 58.2 Å². The lowest BCUT2D eigenvalue weighted by molar-refractivity contribution is 0.0950. The molecule has 0 aliphatic carbocycles. The first-order chi connectivity index (χ1) is 14.0. The molecule has 29 heavy (non-hydrogen) atoms. The van der Waals surface area contributed by atoms with Gasteiger partial charge in [-0.15, -0.1) is 0 Å². The molecule has 9 heteroatoms. The Morgan fingerprint density at radius 1 is 1.07 bits per heavy atom. The summed E-state index contributed by atoms with van der Waals surface area (Å²) in [6.45, 7) is 0. The predicted octanol–water partition coefficient (Wildman–Crippen LogP) is 3.63. The number of aromatic amines is 1. The van der Waals surface area contributed by atoms with E-state index >= 15 is 0 Å². The number of hydrazone groups is 1. The van der Waals surface area contributed by atoms with Gasteiger partial charge in [0.1, 0.15) is 5.69 Å². The zero-order valence-electron chi connectivity index (χ0n) is 16.0. The van der Waals surface area contributed by atoms with Crippen LogP contribution in [-0.2, 0) is 0 Å². The van der Waals surface area contributed by atoms with E-state index in [-0.39, 0.29) is 0 Å². The van der Waals surface area contributed by atoms with Crippen molar-refractivity contribution in [1.82, 2.24) is 15.6 Å². The number of nitrogens with zero attached hydrogens (tertiary/aromatic N) is 2. The molecule has 1 heterocycles. The Labute approximate surface area is 176 Å². The van der Waals surface area contributed by atoms with E-state index in [1.165, 1.54) is 27.5 Å². The minimum Gasteiger partial charge on any atom is -0.493 e. The van der Waals surface area contributed by atoms with Gasteiger partial charge in [0.2, 0.25) is 5.75 Å². The maximum Gasteiger partial charge on any atom is 0.289 e. The van der Waals surface area contributed by atoms with E-state index in [0.29, 0.717) is 34.2 Å². The Hall–Kier alpha value is -3.33. The van der Waals surface area contributed by atoms with E-state index in [9.17, 15) is 4.79 Å². The number of nitrogens with one attached hydrogen (secondary N) is 2. The van der Waals surface area contributed by atoms with Gasteiger partial charge in [0.25, 0.3) is 5.91 Å². The first-order valence-electron chi connectivity index (χ1n) is 8.50. The number of carbonyl (C=O) groups excluding carboxylic acids is 1. The number of halogens is 1. The number of methoxy groups -OCH3 is 3. The van der Waals surface area contributed by atoms with Crippen molar-refractivity contribution in [2.24, 2.45) is 5.10 Å². The van der Waals surface area contributed by atoms with Gasteiger partial charge in [-0.25, -0.2) is 5.43 Å².